The maximum absolute atomic E-state index is 13.3. The van der Waals surface area contributed by atoms with E-state index in [0.717, 1.165) is 25.7 Å². The molecule has 0 bridgehead atoms. The van der Waals surface area contributed by atoms with Crippen molar-refractivity contribution in [1.82, 2.24) is 10.2 Å². The Morgan fingerprint density at radius 3 is 2.56 bits per heavy atom. The van der Waals surface area contributed by atoms with Crippen LogP contribution in [0, 0.1) is 11.7 Å². The van der Waals surface area contributed by atoms with Crippen molar-refractivity contribution >= 4 is 23.6 Å². The molecule has 1 heterocycles. The van der Waals surface area contributed by atoms with Crippen molar-refractivity contribution in [2.45, 2.75) is 63.3 Å². The lowest BCUT2D eigenvalue weighted by atomic mass is 9.88. The highest BCUT2D eigenvalue weighted by atomic mass is 32.2. The van der Waals surface area contributed by atoms with Gasteiger partial charge in [-0.15, -0.1) is 11.8 Å². The van der Waals surface area contributed by atoms with Crippen molar-refractivity contribution in [3.63, 3.8) is 0 Å². The van der Waals surface area contributed by atoms with Gasteiger partial charge < -0.3 is 10.2 Å². The van der Waals surface area contributed by atoms with Crippen LogP contribution in [-0.4, -0.2) is 40.4 Å². The van der Waals surface area contributed by atoms with E-state index in [-0.39, 0.29) is 23.0 Å². The van der Waals surface area contributed by atoms with Crippen molar-refractivity contribution in [3.05, 3.63) is 35.6 Å². The third-order valence-electron chi connectivity index (χ3n) is 5.55. The standard InChI is InChI=1S/C21H29FN2O2S/c1-2-3-13-23-19(25)18-14-27-21(16-7-5-4-6-8-16)24(18)20(26)15-9-11-17(22)12-10-15/h9-12,16,18,21H,2-8,13-14H2,1H3,(H,23,25)/t18-,21-/m1/s1. The second-order valence-electron chi connectivity index (χ2n) is 7.50. The molecule has 148 valence electrons. The summed E-state index contributed by atoms with van der Waals surface area (Å²) >= 11 is 1.73. The predicted octanol–water partition coefficient (Wildman–Crippen LogP) is 4.21. The molecule has 1 saturated heterocycles. The van der Waals surface area contributed by atoms with Crippen LogP contribution >= 0.6 is 11.8 Å². The molecule has 2 atom stereocenters. The Morgan fingerprint density at radius 2 is 1.89 bits per heavy atom. The van der Waals surface area contributed by atoms with Gasteiger partial charge in [0.05, 0.1) is 5.37 Å². The molecule has 0 spiro atoms. The molecule has 2 amide bonds. The van der Waals surface area contributed by atoms with Gasteiger partial charge in [0.15, 0.2) is 0 Å². The maximum Gasteiger partial charge on any atom is 0.255 e. The number of hydrogen-bond acceptors (Lipinski definition) is 3. The number of carbonyl (C=O) groups is 2. The molecule has 0 unspecified atom stereocenters. The van der Waals surface area contributed by atoms with E-state index in [9.17, 15) is 14.0 Å². The van der Waals surface area contributed by atoms with Crippen LogP contribution in [-0.2, 0) is 4.79 Å². The van der Waals surface area contributed by atoms with Gasteiger partial charge in [-0.3, -0.25) is 9.59 Å². The largest absolute Gasteiger partial charge is 0.354 e. The van der Waals surface area contributed by atoms with Gasteiger partial charge in [-0.05, 0) is 49.4 Å². The Morgan fingerprint density at radius 1 is 1.19 bits per heavy atom. The fourth-order valence-electron chi connectivity index (χ4n) is 4.02. The molecule has 3 rings (SSSR count). The van der Waals surface area contributed by atoms with Crippen LogP contribution in [0.4, 0.5) is 4.39 Å². The molecule has 1 saturated carbocycles. The normalized spacial score (nSPS) is 23.4. The predicted molar refractivity (Wildman–Crippen MR) is 107 cm³/mol. The lowest BCUT2D eigenvalue weighted by molar-refractivity contribution is -0.125. The molecule has 1 aliphatic heterocycles. The Hall–Kier alpha value is -1.56. The zero-order chi connectivity index (χ0) is 19.2. The number of unbranched alkanes of at least 4 members (excludes halogenated alkanes) is 1. The third kappa shape index (κ3) is 4.84. The fraction of sp³-hybridized carbons (Fsp3) is 0.619. The van der Waals surface area contributed by atoms with Crippen molar-refractivity contribution in [1.29, 1.82) is 0 Å². The van der Waals surface area contributed by atoms with Crippen LogP contribution in [0.2, 0.25) is 0 Å². The lowest BCUT2D eigenvalue weighted by Gasteiger charge is -2.35. The van der Waals surface area contributed by atoms with Crippen molar-refractivity contribution in [3.8, 4) is 0 Å². The number of amides is 2. The average Bonchev–Trinajstić information content (AvgIpc) is 3.14. The van der Waals surface area contributed by atoms with Crippen LogP contribution in [0.15, 0.2) is 24.3 Å². The number of nitrogens with one attached hydrogen (secondary N) is 1. The van der Waals surface area contributed by atoms with E-state index in [0.29, 0.717) is 23.8 Å². The van der Waals surface area contributed by atoms with E-state index >= 15 is 0 Å². The SMILES string of the molecule is CCCCNC(=O)[C@H]1CS[C@H](C2CCCCC2)N1C(=O)c1ccc(F)cc1. The summed E-state index contributed by atoms with van der Waals surface area (Å²) < 4.78 is 13.3. The van der Waals surface area contributed by atoms with E-state index in [1.807, 2.05) is 0 Å². The number of rotatable bonds is 6. The summed E-state index contributed by atoms with van der Waals surface area (Å²) in [5.74, 6) is 0.476. The van der Waals surface area contributed by atoms with Gasteiger partial charge in [0.25, 0.3) is 5.91 Å². The van der Waals surface area contributed by atoms with Gasteiger partial charge in [-0.2, -0.15) is 0 Å². The summed E-state index contributed by atoms with van der Waals surface area (Å²) in [6, 6.07) is 5.20. The highest BCUT2D eigenvalue weighted by Gasteiger charge is 2.45. The average molecular weight is 393 g/mol. The van der Waals surface area contributed by atoms with Gasteiger partial charge in [-0.25, -0.2) is 4.39 Å². The smallest absolute Gasteiger partial charge is 0.255 e. The second kappa shape index (κ2) is 9.58. The fourth-order valence-corrected chi connectivity index (χ4v) is 5.66. The molecule has 2 aliphatic rings. The molecule has 0 radical (unpaired) electrons. The van der Waals surface area contributed by atoms with E-state index in [1.54, 1.807) is 16.7 Å². The van der Waals surface area contributed by atoms with Crippen molar-refractivity contribution in [2.75, 3.05) is 12.3 Å². The molecule has 1 N–H and O–H groups in total. The number of hydrogen-bond donors (Lipinski definition) is 1. The van der Waals surface area contributed by atoms with Crippen LogP contribution in [0.3, 0.4) is 0 Å². The molecule has 0 aromatic heterocycles. The molecule has 1 aliphatic carbocycles. The molecule has 27 heavy (non-hydrogen) atoms. The Kier molecular flexibility index (Phi) is 7.16. The van der Waals surface area contributed by atoms with Gasteiger partial charge in [0.2, 0.25) is 5.91 Å². The monoisotopic (exact) mass is 392 g/mol. The summed E-state index contributed by atoms with van der Waals surface area (Å²) in [6.07, 6.45) is 7.79. The first-order chi connectivity index (χ1) is 13.1. The molecule has 4 nitrogen and oxygen atoms in total. The van der Waals surface area contributed by atoms with Crippen molar-refractivity contribution in [2.24, 2.45) is 5.92 Å². The van der Waals surface area contributed by atoms with E-state index in [4.69, 9.17) is 0 Å². The number of benzene rings is 1. The number of thioether (sulfide) groups is 1. The number of halogens is 1. The quantitative estimate of drug-likeness (QED) is 0.738. The molecule has 1 aromatic carbocycles. The van der Waals surface area contributed by atoms with Gasteiger partial charge in [0, 0.05) is 17.9 Å². The van der Waals surface area contributed by atoms with Crippen LogP contribution < -0.4 is 5.32 Å². The number of nitrogens with zero attached hydrogens (tertiary/aromatic N) is 1. The van der Waals surface area contributed by atoms with Gasteiger partial charge in [-0.1, -0.05) is 32.6 Å². The lowest BCUT2D eigenvalue weighted by Crippen LogP contribution is -2.51. The summed E-state index contributed by atoms with van der Waals surface area (Å²) in [6.45, 7) is 2.73. The summed E-state index contributed by atoms with van der Waals surface area (Å²) in [7, 11) is 0. The van der Waals surface area contributed by atoms with E-state index in [2.05, 4.69) is 12.2 Å². The zero-order valence-electron chi connectivity index (χ0n) is 16.0. The third-order valence-corrected chi connectivity index (χ3v) is 7.01. The highest BCUT2D eigenvalue weighted by Crippen LogP contribution is 2.41. The molecule has 6 heteroatoms. The van der Waals surface area contributed by atoms with E-state index in [1.165, 1.54) is 43.5 Å². The second-order valence-corrected chi connectivity index (χ2v) is 8.65. The molecule has 1 aromatic rings. The molecular weight excluding hydrogens is 363 g/mol. The van der Waals surface area contributed by atoms with Gasteiger partial charge >= 0.3 is 0 Å². The van der Waals surface area contributed by atoms with Gasteiger partial charge in [0.1, 0.15) is 11.9 Å². The first-order valence-corrected chi connectivity index (χ1v) is 11.1. The van der Waals surface area contributed by atoms with Crippen molar-refractivity contribution < 1.29 is 14.0 Å². The zero-order valence-corrected chi connectivity index (χ0v) is 16.8. The Balaban J connectivity index is 1.80. The van der Waals surface area contributed by atoms with Crippen LogP contribution in [0.25, 0.3) is 0 Å². The first-order valence-electron chi connectivity index (χ1n) is 10.1. The minimum Gasteiger partial charge on any atom is -0.354 e. The Bertz CT molecular complexity index is 646. The summed E-state index contributed by atoms with van der Waals surface area (Å²) in [4.78, 5) is 27.8. The summed E-state index contributed by atoms with van der Waals surface area (Å²) in [5, 5.41) is 3.02. The highest BCUT2D eigenvalue weighted by molar-refractivity contribution is 8.00. The Labute approximate surface area is 165 Å². The first kappa shape index (κ1) is 20.2. The minimum absolute atomic E-state index is 0.0322. The van der Waals surface area contributed by atoms with Crippen LogP contribution in [0.1, 0.15) is 62.2 Å². The number of carbonyl (C=O) groups excluding carboxylic acids is 2. The minimum atomic E-state index is -0.448. The molecular formula is C21H29FN2O2S. The topological polar surface area (TPSA) is 49.4 Å². The van der Waals surface area contributed by atoms with E-state index < -0.39 is 6.04 Å². The molecule has 2 fully saturated rings. The van der Waals surface area contributed by atoms with Crippen LogP contribution in [0.5, 0.6) is 0 Å². The summed E-state index contributed by atoms with van der Waals surface area (Å²) in [5.41, 5.74) is 0.450. The maximum atomic E-state index is 13.3.